The van der Waals surface area contributed by atoms with Crippen LogP contribution >= 0.6 is 0 Å². The van der Waals surface area contributed by atoms with Crippen LogP contribution in [-0.4, -0.2) is 28.6 Å². The maximum atomic E-state index is 4.65. The molecule has 2 rings (SSSR count). The van der Waals surface area contributed by atoms with Gasteiger partial charge in [0.25, 0.3) is 0 Å². The van der Waals surface area contributed by atoms with Gasteiger partial charge in [-0.3, -0.25) is 0 Å². The van der Waals surface area contributed by atoms with Crippen molar-refractivity contribution in [3.05, 3.63) is 11.8 Å². The smallest absolute Gasteiger partial charge is 0.224 e. The van der Waals surface area contributed by atoms with Crippen LogP contribution in [0.3, 0.4) is 0 Å². The van der Waals surface area contributed by atoms with Crippen molar-refractivity contribution in [1.82, 2.24) is 9.97 Å². The van der Waals surface area contributed by atoms with Gasteiger partial charge in [0.15, 0.2) is 0 Å². The Balaban J connectivity index is 2.24. The van der Waals surface area contributed by atoms with Gasteiger partial charge in [-0.2, -0.15) is 4.98 Å². The SMILES string of the molecule is CCCNc1nc(C)cc(N2CCCC2(C)C)n1. The molecule has 1 N–H and O–H groups in total. The molecule has 0 radical (unpaired) electrons. The molecule has 1 aliphatic heterocycles. The van der Waals surface area contributed by atoms with Crippen LogP contribution in [0.2, 0.25) is 0 Å². The molecule has 0 unspecified atom stereocenters. The van der Waals surface area contributed by atoms with E-state index >= 15 is 0 Å². The van der Waals surface area contributed by atoms with Gasteiger partial charge in [0, 0.05) is 30.4 Å². The van der Waals surface area contributed by atoms with Gasteiger partial charge >= 0.3 is 0 Å². The van der Waals surface area contributed by atoms with Crippen molar-refractivity contribution in [3.8, 4) is 0 Å². The zero-order valence-electron chi connectivity index (χ0n) is 12.0. The van der Waals surface area contributed by atoms with Crippen molar-refractivity contribution in [2.75, 3.05) is 23.3 Å². The summed E-state index contributed by atoms with van der Waals surface area (Å²) in [5.41, 5.74) is 1.24. The second-order valence-electron chi connectivity index (χ2n) is 5.69. The Hall–Kier alpha value is -1.32. The van der Waals surface area contributed by atoms with Gasteiger partial charge in [-0.05, 0) is 40.0 Å². The molecule has 1 aromatic heterocycles. The van der Waals surface area contributed by atoms with Crippen LogP contribution in [0.1, 0.15) is 45.7 Å². The van der Waals surface area contributed by atoms with Gasteiger partial charge in [-0.25, -0.2) is 4.98 Å². The summed E-state index contributed by atoms with van der Waals surface area (Å²) in [5, 5.41) is 3.28. The standard InChI is InChI=1S/C14H24N4/c1-5-8-15-13-16-11(2)10-12(17-13)18-9-6-7-14(18,3)4/h10H,5-9H2,1-4H3,(H,15,16,17). The number of rotatable bonds is 4. The topological polar surface area (TPSA) is 41.1 Å². The van der Waals surface area contributed by atoms with E-state index in [1.165, 1.54) is 12.8 Å². The van der Waals surface area contributed by atoms with E-state index in [1.807, 2.05) is 6.92 Å². The Morgan fingerprint density at radius 1 is 1.39 bits per heavy atom. The minimum Gasteiger partial charge on any atom is -0.354 e. The summed E-state index contributed by atoms with van der Waals surface area (Å²) in [7, 11) is 0. The Morgan fingerprint density at radius 3 is 2.78 bits per heavy atom. The average Bonchev–Trinajstić information content (AvgIpc) is 2.65. The molecular formula is C14H24N4. The molecule has 4 heteroatoms. The molecule has 4 nitrogen and oxygen atoms in total. The molecule has 2 heterocycles. The summed E-state index contributed by atoms with van der Waals surface area (Å²) in [5.74, 6) is 1.82. The van der Waals surface area contributed by atoms with Gasteiger partial charge in [0.05, 0.1) is 0 Å². The molecule has 0 atom stereocenters. The number of nitrogens with one attached hydrogen (secondary N) is 1. The minimum absolute atomic E-state index is 0.211. The first kappa shape index (κ1) is 13.1. The van der Waals surface area contributed by atoms with Crippen LogP contribution in [0.25, 0.3) is 0 Å². The van der Waals surface area contributed by atoms with Crippen molar-refractivity contribution in [1.29, 1.82) is 0 Å². The fourth-order valence-corrected chi connectivity index (χ4v) is 2.54. The molecule has 0 saturated carbocycles. The Labute approximate surface area is 110 Å². The molecule has 1 fully saturated rings. The van der Waals surface area contributed by atoms with E-state index in [0.29, 0.717) is 0 Å². The summed E-state index contributed by atoms with van der Waals surface area (Å²) in [6, 6.07) is 2.09. The van der Waals surface area contributed by atoms with Gasteiger partial charge in [-0.1, -0.05) is 6.92 Å². The van der Waals surface area contributed by atoms with Gasteiger partial charge < -0.3 is 10.2 Å². The summed E-state index contributed by atoms with van der Waals surface area (Å²) in [6.45, 7) is 10.8. The second kappa shape index (κ2) is 5.12. The summed E-state index contributed by atoms with van der Waals surface area (Å²) < 4.78 is 0. The summed E-state index contributed by atoms with van der Waals surface area (Å²) >= 11 is 0. The molecular weight excluding hydrogens is 224 g/mol. The molecule has 100 valence electrons. The van der Waals surface area contributed by atoms with Gasteiger partial charge in [-0.15, -0.1) is 0 Å². The highest BCUT2D eigenvalue weighted by atomic mass is 15.3. The third kappa shape index (κ3) is 2.74. The van der Waals surface area contributed by atoms with E-state index in [4.69, 9.17) is 0 Å². The fraction of sp³-hybridized carbons (Fsp3) is 0.714. The van der Waals surface area contributed by atoms with E-state index in [2.05, 4.69) is 47.0 Å². The number of aromatic nitrogens is 2. The number of aryl methyl sites for hydroxylation is 1. The van der Waals surface area contributed by atoms with E-state index in [1.54, 1.807) is 0 Å². The molecule has 18 heavy (non-hydrogen) atoms. The maximum Gasteiger partial charge on any atom is 0.224 e. The number of hydrogen-bond donors (Lipinski definition) is 1. The molecule has 0 amide bonds. The number of hydrogen-bond acceptors (Lipinski definition) is 4. The minimum atomic E-state index is 0.211. The monoisotopic (exact) mass is 248 g/mol. The molecule has 1 aromatic rings. The Bertz CT molecular complexity index is 414. The lowest BCUT2D eigenvalue weighted by atomic mass is 10.0. The molecule has 0 spiro atoms. The van der Waals surface area contributed by atoms with Crippen LogP contribution < -0.4 is 10.2 Å². The van der Waals surface area contributed by atoms with Crippen molar-refractivity contribution in [2.24, 2.45) is 0 Å². The quantitative estimate of drug-likeness (QED) is 0.889. The normalized spacial score (nSPS) is 18.1. The van der Waals surface area contributed by atoms with Crippen LogP contribution in [0.15, 0.2) is 6.07 Å². The first-order valence-electron chi connectivity index (χ1n) is 6.90. The zero-order chi connectivity index (χ0) is 13.2. The Kier molecular flexibility index (Phi) is 3.73. The second-order valence-corrected chi connectivity index (χ2v) is 5.69. The van der Waals surface area contributed by atoms with Crippen LogP contribution in [0, 0.1) is 6.92 Å². The predicted molar refractivity (Wildman–Crippen MR) is 76.2 cm³/mol. The average molecular weight is 248 g/mol. The van der Waals surface area contributed by atoms with Crippen molar-refractivity contribution in [2.45, 2.75) is 52.5 Å². The van der Waals surface area contributed by atoms with E-state index in [-0.39, 0.29) is 5.54 Å². The largest absolute Gasteiger partial charge is 0.354 e. The van der Waals surface area contributed by atoms with Crippen LogP contribution in [0.5, 0.6) is 0 Å². The van der Waals surface area contributed by atoms with Crippen molar-refractivity contribution in [3.63, 3.8) is 0 Å². The first-order chi connectivity index (χ1) is 8.53. The van der Waals surface area contributed by atoms with Crippen LogP contribution in [0.4, 0.5) is 11.8 Å². The molecule has 0 aromatic carbocycles. The maximum absolute atomic E-state index is 4.65. The highest BCUT2D eigenvalue weighted by Crippen LogP contribution is 2.32. The highest BCUT2D eigenvalue weighted by Gasteiger charge is 2.33. The van der Waals surface area contributed by atoms with E-state index in [9.17, 15) is 0 Å². The first-order valence-corrected chi connectivity index (χ1v) is 6.90. The van der Waals surface area contributed by atoms with E-state index < -0.39 is 0 Å². The lowest BCUT2D eigenvalue weighted by molar-refractivity contribution is 0.514. The van der Waals surface area contributed by atoms with Crippen LogP contribution in [-0.2, 0) is 0 Å². The molecule has 1 saturated heterocycles. The van der Waals surface area contributed by atoms with Crippen molar-refractivity contribution >= 4 is 11.8 Å². The highest BCUT2D eigenvalue weighted by molar-refractivity contribution is 5.48. The van der Waals surface area contributed by atoms with Gasteiger partial charge in [0.1, 0.15) is 5.82 Å². The molecule has 0 aliphatic carbocycles. The summed E-state index contributed by atoms with van der Waals surface area (Å²) in [4.78, 5) is 11.5. The lowest BCUT2D eigenvalue weighted by Crippen LogP contribution is -2.38. The number of nitrogens with zero attached hydrogens (tertiary/aromatic N) is 3. The predicted octanol–water partition coefficient (Wildman–Crippen LogP) is 2.99. The summed E-state index contributed by atoms with van der Waals surface area (Å²) in [6.07, 6.45) is 3.56. The Morgan fingerprint density at radius 2 is 2.17 bits per heavy atom. The lowest BCUT2D eigenvalue weighted by Gasteiger charge is -2.32. The fourth-order valence-electron chi connectivity index (χ4n) is 2.54. The molecule has 0 bridgehead atoms. The zero-order valence-corrected chi connectivity index (χ0v) is 12.0. The third-order valence-electron chi connectivity index (χ3n) is 3.55. The third-order valence-corrected chi connectivity index (χ3v) is 3.55. The number of anilines is 2. The van der Waals surface area contributed by atoms with Crippen molar-refractivity contribution < 1.29 is 0 Å². The van der Waals surface area contributed by atoms with E-state index in [0.717, 1.165) is 37.0 Å². The molecule has 1 aliphatic rings. The van der Waals surface area contributed by atoms with Gasteiger partial charge in [0.2, 0.25) is 5.95 Å².